The summed E-state index contributed by atoms with van der Waals surface area (Å²) >= 11 is 0. The van der Waals surface area contributed by atoms with E-state index >= 15 is 0 Å². The Labute approximate surface area is 130 Å². The second-order valence-corrected chi connectivity index (χ2v) is 5.63. The first-order valence-electron chi connectivity index (χ1n) is 7.56. The fourth-order valence-electron chi connectivity index (χ4n) is 2.26. The predicted octanol–water partition coefficient (Wildman–Crippen LogP) is 2.17. The average Bonchev–Trinajstić information content (AvgIpc) is 3.03. The number of carbonyl (C=O) groups is 1. The molecule has 2 rings (SSSR count). The largest absolute Gasteiger partial charge is 0.338 e. The lowest BCUT2D eigenvalue weighted by Gasteiger charge is -2.14. The molecule has 120 valence electrons. The van der Waals surface area contributed by atoms with Crippen LogP contribution in [0.25, 0.3) is 0 Å². The molecular weight excluding hydrogens is 280 g/mol. The maximum atomic E-state index is 11.9. The molecule has 0 saturated heterocycles. The van der Waals surface area contributed by atoms with Crippen LogP contribution in [0.1, 0.15) is 25.2 Å². The summed E-state index contributed by atoms with van der Waals surface area (Å²) in [6.45, 7) is 10.3. The van der Waals surface area contributed by atoms with Crippen LogP contribution in [0.4, 0.5) is 10.5 Å². The van der Waals surface area contributed by atoms with Gasteiger partial charge in [-0.15, -0.1) is 0 Å². The summed E-state index contributed by atoms with van der Waals surface area (Å²) in [5.41, 5.74) is 2.86. The third-order valence-corrected chi connectivity index (χ3v) is 3.41. The van der Waals surface area contributed by atoms with Crippen molar-refractivity contribution in [3.05, 3.63) is 29.8 Å². The maximum absolute atomic E-state index is 11.9. The molecule has 1 atom stereocenters. The first-order chi connectivity index (χ1) is 10.5. The van der Waals surface area contributed by atoms with Gasteiger partial charge in [0.25, 0.3) is 0 Å². The molecule has 2 amide bonds. The summed E-state index contributed by atoms with van der Waals surface area (Å²) in [6, 6.07) is 1.84. The van der Waals surface area contributed by atoms with E-state index in [4.69, 9.17) is 0 Å². The van der Waals surface area contributed by atoms with Crippen molar-refractivity contribution in [2.75, 3.05) is 11.9 Å². The molecular formula is C15H24N6O. The summed E-state index contributed by atoms with van der Waals surface area (Å²) in [5.74, 6) is 0.294. The predicted molar refractivity (Wildman–Crippen MR) is 85.8 cm³/mol. The molecule has 7 heteroatoms. The van der Waals surface area contributed by atoms with Crippen LogP contribution in [-0.2, 0) is 13.1 Å². The topological polar surface area (TPSA) is 76.8 Å². The third kappa shape index (κ3) is 4.34. The summed E-state index contributed by atoms with van der Waals surface area (Å²) in [6.07, 6.45) is 3.45. The Morgan fingerprint density at radius 1 is 1.41 bits per heavy atom. The van der Waals surface area contributed by atoms with Gasteiger partial charge >= 0.3 is 6.03 Å². The Hall–Kier alpha value is -2.31. The number of anilines is 1. The zero-order valence-electron chi connectivity index (χ0n) is 13.6. The first kappa shape index (κ1) is 16.1. The van der Waals surface area contributed by atoms with E-state index < -0.39 is 0 Å². The molecule has 2 aromatic rings. The number of hydrogen-bond acceptors (Lipinski definition) is 3. The number of hydrogen-bond donors (Lipinski definition) is 2. The van der Waals surface area contributed by atoms with E-state index in [9.17, 15) is 4.79 Å². The number of aryl methyl sites for hydroxylation is 3. The van der Waals surface area contributed by atoms with E-state index in [-0.39, 0.29) is 6.03 Å². The zero-order valence-corrected chi connectivity index (χ0v) is 13.6. The molecule has 0 saturated carbocycles. The Morgan fingerprint density at radius 2 is 2.18 bits per heavy atom. The average molecular weight is 304 g/mol. The van der Waals surface area contributed by atoms with Crippen LogP contribution < -0.4 is 10.6 Å². The van der Waals surface area contributed by atoms with E-state index in [0.717, 1.165) is 24.5 Å². The Balaban J connectivity index is 1.76. The van der Waals surface area contributed by atoms with Crippen molar-refractivity contribution in [2.24, 2.45) is 5.92 Å². The molecule has 2 heterocycles. The lowest BCUT2D eigenvalue weighted by molar-refractivity contribution is 0.249. The highest BCUT2D eigenvalue weighted by atomic mass is 16.2. The van der Waals surface area contributed by atoms with E-state index in [1.807, 2.05) is 25.5 Å². The van der Waals surface area contributed by atoms with E-state index in [2.05, 4.69) is 33.8 Å². The van der Waals surface area contributed by atoms with Crippen LogP contribution in [0, 0.1) is 19.8 Å². The fourth-order valence-corrected chi connectivity index (χ4v) is 2.26. The zero-order chi connectivity index (χ0) is 16.1. The van der Waals surface area contributed by atoms with Crippen molar-refractivity contribution in [3.8, 4) is 0 Å². The lowest BCUT2D eigenvalue weighted by atomic mass is 10.2. The quantitative estimate of drug-likeness (QED) is 0.858. The van der Waals surface area contributed by atoms with Gasteiger partial charge in [-0.3, -0.25) is 9.36 Å². The minimum Gasteiger partial charge on any atom is -0.338 e. The number of aromatic nitrogens is 4. The molecule has 22 heavy (non-hydrogen) atoms. The highest BCUT2D eigenvalue weighted by Crippen LogP contribution is 2.07. The second-order valence-electron chi connectivity index (χ2n) is 5.63. The number of nitrogens with zero attached hydrogens (tertiary/aromatic N) is 4. The molecule has 2 aromatic heterocycles. The summed E-state index contributed by atoms with van der Waals surface area (Å²) < 4.78 is 3.74. The van der Waals surface area contributed by atoms with Crippen LogP contribution in [-0.4, -0.2) is 32.1 Å². The molecule has 0 fully saturated rings. The molecule has 0 aliphatic rings. The molecule has 0 aliphatic heterocycles. The number of nitrogens with one attached hydrogen (secondary N) is 2. The smallest absolute Gasteiger partial charge is 0.319 e. The van der Waals surface area contributed by atoms with Gasteiger partial charge in [0.2, 0.25) is 0 Å². The molecule has 0 aliphatic carbocycles. The third-order valence-electron chi connectivity index (χ3n) is 3.41. The molecule has 0 radical (unpaired) electrons. The van der Waals surface area contributed by atoms with Gasteiger partial charge in [0.1, 0.15) is 0 Å². The number of carbonyl (C=O) groups excluding carboxylic acids is 1. The van der Waals surface area contributed by atoms with Gasteiger partial charge in [0.05, 0.1) is 17.6 Å². The highest BCUT2D eigenvalue weighted by molar-refractivity contribution is 5.88. The van der Waals surface area contributed by atoms with E-state index in [0.29, 0.717) is 18.2 Å². The van der Waals surface area contributed by atoms with Gasteiger partial charge in [-0.1, -0.05) is 6.92 Å². The first-order valence-corrected chi connectivity index (χ1v) is 7.56. The number of urea groups is 1. The fraction of sp³-hybridized carbons (Fsp3) is 0.533. The molecule has 0 bridgehead atoms. The van der Waals surface area contributed by atoms with Crippen molar-refractivity contribution in [1.82, 2.24) is 24.9 Å². The van der Waals surface area contributed by atoms with Crippen LogP contribution in [0.2, 0.25) is 0 Å². The Kier molecular flexibility index (Phi) is 5.19. The van der Waals surface area contributed by atoms with Gasteiger partial charge in [-0.25, -0.2) is 4.79 Å². The molecule has 2 N–H and O–H groups in total. The Bertz CT molecular complexity index is 630. The molecule has 0 aromatic carbocycles. The summed E-state index contributed by atoms with van der Waals surface area (Å²) in [7, 11) is 0. The molecule has 0 spiro atoms. The van der Waals surface area contributed by atoms with Crippen molar-refractivity contribution >= 4 is 11.7 Å². The van der Waals surface area contributed by atoms with Gasteiger partial charge in [-0.2, -0.15) is 10.2 Å². The SMILES string of the molecule is CCn1cc(NC(=O)NCC(C)Cn2nc(C)cc2C)cn1. The summed E-state index contributed by atoms with van der Waals surface area (Å²) in [4.78, 5) is 11.9. The maximum Gasteiger partial charge on any atom is 0.319 e. The van der Waals surface area contributed by atoms with Gasteiger partial charge in [0.15, 0.2) is 0 Å². The summed E-state index contributed by atoms with van der Waals surface area (Å²) in [5, 5.41) is 14.2. The van der Waals surface area contributed by atoms with Crippen LogP contribution in [0.5, 0.6) is 0 Å². The normalized spacial score (nSPS) is 12.2. The Morgan fingerprint density at radius 3 is 2.77 bits per heavy atom. The van der Waals surface area contributed by atoms with Crippen LogP contribution in [0.3, 0.4) is 0 Å². The molecule has 7 nitrogen and oxygen atoms in total. The van der Waals surface area contributed by atoms with E-state index in [1.165, 1.54) is 0 Å². The van der Waals surface area contributed by atoms with Crippen molar-refractivity contribution in [3.63, 3.8) is 0 Å². The van der Waals surface area contributed by atoms with Crippen LogP contribution in [0.15, 0.2) is 18.5 Å². The van der Waals surface area contributed by atoms with Crippen molar-refractivity contribution < 1.29 is 4.79 Å². The van der Waals surface area contributed by atoms with Gasteiger partial charge < -0.3 is 10.6 Å². The minimum absolute atomic E-state index is 0.212. The van der Waals surface area contributed by atoms with Crippen molar-refractivity contribution in [2.45, 2.75) is 40.8 Å². The second kappa shape index (κ2) is 7.11. The van der Waals surface area contributed by atoms with Gasteiger partial charge in [-0.05, 0) is 32.8 Å². The standard InChI is InChI=1S/C15H24N6O/c1-5-20-10-14(8-17-20)18-15(22)16-7-11(2)9-21-13(4)6-12(3)19-21/h6,8,10-11H,5,7,9H2,1-4H3,(H2,16,18,22). The highest BCUT2D eigenvalue weighted by Gasteiger charge is 2.09. The minimum atomic E-state index is -0.212. The van der Waals surface area contributed by atoms with Crippen molar-refractivity contribution in [1.29, 1.82) is 0 Å². The lowest BCUT2D eigenvalue weighted by Crippen LogP contribution is -2.33. The number of amides is 2. The van der Waals surface area contributed by atoms with Gasteiger partial charge in [0, 0.05) is 31.5 Å². The van der Waals surface area contributed by atoms with Crippen LogP contribution >= 0.6 is 0 Å². The van der Waals surface area contributed by atoms with E-state index in [1.54, 1.807) is 17.1 Å². The number of rotatable bonds is 6. The monoisotopic (exact) mass is 304 g/mol. The molecule has 1 unspecified atom stereocenters.